The Hall–Kier alpha value is -0.150. The number of nitrogens with zero attached hydrogens (tertiary/aromatic N) is 1. The number of alkyl halides is 3. The van der Waals surface area contributed by atoms with E-state index >= 15 is 0 Å². The van der Waals surface area contributed by atoms with Crippen LogP contribution in [0.1, 0.15) is 4.88 Å². The monoisotopic (exact) mass is 361 g/mol. The van der Waals surface area contributed by atoms with Crippen LogP contribution in [0.2, 0.25) is 0 Å². The van der Waals surface area contributed by atoms with Gasteiger partial charge in [0.05, 0.1) is 13.2 Å². The van der Waals surface area contributed by atoms with Crippen LogP contribution in [-0.2, 0) is 11.3 Å². The summed E-state index contributed by atoms with van der Waals surface area (Å²) in [5.41, 5.74) is 0. The topological polar surface area (TPSA) is 32.7 Å². The number of rotatable bonds is 8. The van der Waals surface area contributed by atoms with Crippen LogP contribution >= 0.6 is 27.3 Å². The molecule has 1 rings (SSSR count). The van der Waals surface area contributed by atoms with E-state index < -0.39 is 12.8 Å². The minimum atomic E-state index is -4.29. The fraction of sp³-hybridized carbons (Fsp3) is 0.636. The van der Waals surface area contributed by atoms with Gasteiger partial charge in [0.1, 0.15) is 6.61 Å². The molecule has 0 bridgehead atoms. The highest BCUT2D eigenvalue weighted by molar-refractivity contribution is 9.10. The van der Waals surface area contributed by atoms with Crippen molar-refractivity contribution in [3.05, 3.63) is 20.8 Å². The van der Waals surface area contributed by atoms with Gasteiger partial charge >= 0.3 is 6.18 Å². The van der Waals surface area contributed by atoms with Crippen molar-refractivity contribution < 1.29 is 23.0 Å². The number of thiophene rings is 1. The van der Waals surface area contributed by atoms with E-state index in [9.17, 15) is 13.2 Å². The average molecular weight is 362 g/mol. The molecular weight excluding hydrogens is 347 g/mol. The second-order valence-corrected chi connectivity index (χ2v) is 5.71. The summed E-state index contributed by atoms with van der Waals surface area (Å²) in [5.74, 6) is 0. The molecule has 0 unspecified atom stereocenters. The molecule has 110 valence electrons. The molecule has 1 aromatic rings. The van der Waals surface area contributed by atoms with Crippen LogP contribution in [-0.4, -0.2) is 49.1 Å². The first-order valence-electron chi connectivity index (χ1n) is 5.62. The van der Waals surface area contributed by atoms with Crippen LogP contribution in [0.15, 0.2) is 15.9 Å². The number of aliphatic hydroxyl groups excluding tert-OH is 1. The highest BCUT2D eigenvalue weighted by Crippen LogP contribution is 2.24. The van der Waals surface area contributed by atoms with Crippen molar-refractivity contribution in [2.75, 3.05) is 32.9 Å². The van der Waals surface area contributed by atoms with Gasteiger partial charge in [-0.2, -0.15) is 13.2 Å². The van der Waals surface area contributed by atoms with Crippen molar-refractivity contribution in [3.63, 3.8) is 0 Å². The van der Waals surface area contributed by atoms with Gasteiger partial charge in [0, 0.05) is 29.0 Å². The molecule has 0 aliphatic heterocycles. The van der Waals surface area contributed by atoms with E-state index in [2.05, 4.69) is 20.7 Å². The van der Waals surface area contributed by atoms with E-state index in [0.717, 1.165) is 9.35 Å². The van der Waals surface area contributed by atoms with Crippen molar-refractivity contribution in [2.45, 2.75) is 12.7 Å². The fourth-order valence-corrected chi connectivity index (χ4v) is 2.95. The summed E-state index contributed by atoms with van der Waals surface area (Å²) in [6.07, 6.45) is -4.29. The van der Waals surface area contributed by atoms with Gasteiger partial charge in [0.25, 0.3) is 0 Å². The molecule has 0 saturated heterocycles. The van der Waals surface area contributed by atoms with Crippen LogP contribution in [0.4, 0.5) is 13.2 Å². The number of ether oxygens (including phenoxy) is 1. The Morgan fingerprint density at radius 2 is 2.11 bits per heavy atom. The summed E-state index contributed by atoms with van der Waals surface area (Å²) in [6, 6.07) is 1.91. The zero-order valence-electron chi connectivity index (χ0n) is 10.1. The van der Waals surface area contributed by atoms with E-state index in [0.29, 0.717) is 19.6 Å². The first-order valence-corrected chi connectivity index (χ1v) is 7.29. The SMILES string of the molecule is OCCN(CCOCC(F)(F)F)Cc1sccc1Br. The minimum absolute atomic E-state index is 0.0114. The predicted molar refractivity (Wildman–Crippen MR) is 71.3 cm³/mol. The van der Waals surface area contributed by atoms with Gasteiger partial charge < -0.3 is 9.84 Å². The van der Waals surface area contributed by atoms with Crippen LogP contribution < -0.4 is 0 Å². The number of hydrogen-bond donors (Lipinski definition) is 1. The summed E-state index contributed by atoms with van der Waals surface area (Å²) in [4.78, 5) is 2.93. The van der Waals surface area contributed by atoms with Gasteiger partial charge in [-0.1, -0.05) is 0 Å². The lowest BCUT2D eigenvalue weighted by Gasteiger charge is -2.21. The normalized spacial score (nSPS) is 12.3. The second kappa shape index (κ2) is 8.21. The predicted octanol–water partition coefficient (Wildman–Crippen LogP) is 2.88. The van der Waals surface area contributed by atoms with Gasteiger partial charge in [-0.25, -0.2) is 0 Å². The molecule has 0 fully saturated rings. The highest BCUT2D eigenvalue weighted by Gasteiger charge is 2.27. The van der Waals surface area contributed by atoms with Crippen LogP contribution in [0.3, 0.4) is 0 Å². The maximum Gasteiger partial charge on any atom is 0.411 e. The van der Waals surface area contributed by atoms with Gasteiger partial charge in [-0.3, -0.25) is 4.90 Å². The smallest absolute Gasteiger partial charge is 0.395 e. The van der Waals surface area contributed by atoms with Crippen molar-refractivity contribution in [3.8, 4) is 0 Å². The second-order valence-electron chi connectivity index (χ2n) is 3.86. The Morgan fingerprint density at radius 1 is 1.37 bits per heavy atom. The fourth-order valence-electron chi connectivity index (χ4n) is 1.43. The quantitative estimate of drug-likeness (QED) is 0.722. The van der Waals surface area contributed by atoms with Crippen molar-refractivity contribution in [2.24, 2.45) is 0 Å². The molecule has 0 amide bonds. The van der Waals surface area contributed by atoms with Crippen molar-refractivity contribution >= 4 is 27.3 Å². The molecule has 1 aromatic heterocycles. The molecule has 0 aliphatic carbocycles. The van der Waals surface area contributed by atoms with E-state index in [1.807, 2.05) is 16.3 Å². The summed E-state index contributed by atoms with van der Waals surface area (Å²) < 4.78 is 41.2. The van der Waals surface area contributed by atoms with E-state index in [4.69, 9.17) is 5.11 Å². The third-order valence-electron chi connectivity index (χ3n) is 2.29. The number of hydrogen-bond acceptors (Lipinski definition) is 4. The average Bonchev–Trinajstić information content (AvgIpc) is 2.69. The van der Waals surface area contributed by atoms with Crippen LogP contribution in [0, 0.1) is 0 Å². The molecule has 3 nitrogen and oxygen atoms in total. The molecule has 0 spiro atoms. The molecule has 0 aromatic carbocycles. The Labute approximate surface area is 122 Å². The van der Waals surface area contributed by atoms with Crippen molar-refractivity contribution in [1.29, 1.82) is 0 Å². The van der Waals surface area contributed by atoms with Gasteiger partial charge in [-0.15, -0.1) is 11.3 Å². The maximum absolute atomic E-state index is 11.9. The molecule has 0 aliphatic rings. The lowest BCUT2D eigenvalue weighted by molar-refractivity contribution is -0.174. The zero-order valence-corrected chi connectivity index (χ0v) is 12.5. The van der Waals surface area contributed by atoms with E-state index in [1.165, 1.54) is 0 Å². The molecule has 1 N–H and O–H groups in total. The molecule has 8 heteroatoms. The van der Waals surface area contributed by atoms with E-state index in [1.54, 1.807) is 11.3 Å². The molecule has 1 heterocycles. The van der Waals surface area contributed by atoms with Gasteiger partial charge in [0.2, 0.25) is 0 Å². The van der Waals surface area contributed by atoms with Crippen molar-refractivity contribution in [1.82, 2.24) is 4.90 Å². The first-order chi connectivity index (χ1) is 8.92. The Morgan fingerprint density at radius 3 is 2.63 bits per heavy atom. The Balaban J connectivity index is 2.34. The Bertz CT molecular complexity index is 373. The third-order valence-corrected chi connectivity index (χ3v) is 4.20. The molecule has 0 saturated carbocycles. The minimum Gasteiger partial charge on any atom is -0.395 e. The Kier molecular flexibility index (Phi) is 7.30. The standard InChI is InChI=1S/C11H15BrF3NO2S/c12-9-1-6-19-10(9)7-16(2-4-17)3-5-18-8-11(13,14)15/h1,6,17H,2-5,7-8H2. The summed E-state index contributed by atoms with van der Waals surface area (Å²) in [7, 11) is 0. The molecular formula is C11H15BrF3NO2S. The van der Waals surface area contributed by atoms with Gasteiger partial charge in [-0.05, 0) is 27.4 Å². The van der Waals surface area contributed by atoms with Crippen LogP contribution in [0.25, 0.3) is 0 Å². The summed E-state index contributed by atoms with van der Waals surface area (Å²) >= 11 is 4.95. The zero-order chi connectivity index (χ0) is 14.3. The molecule has 0 atom stereocenters. The molecule has 0 radical (unpaired) electrons. The largest absolute Gasteiger partial charge is 0.411 e. The lowest BCUT2D eigenvalue weighted by Crippen LogP contribution is -2.31. The lowest BCUT2D eigenvalue weighted by atomic mass is 10.4. The number of aliphatic hydroxyl groups is 1. The van der Waals surface area contributed by atoms with Gasteiger partial charge in [0.15, 0.2) is 0 Å². The van der Waals surface area contributed by atoms with Crippen LogP contribution in [0.5, 0.6) is 0 Å². The number of halogens is 4. The molecule has 19 heavy (non-hydrogen) atoms. The maximum atomic E-state index is 11.9. The highest BCUT2D eigenvalue weighted by atomic mass is 79.9. The summed E-state index contributed by atoms with van der Waals surface area (Å²) in [5, 5.41) is 10.9. The first kappa shape index (κ1) is 16.9. The summed E-state index contributed by atoms with van der Waals surface area (Å²) in [6.45, 7) is 0.0440. The van der Waals surface area contributed by atoms with E-state index in [-0.39, 0.29) is 13.2 Å². The third kappa shape index (κ3) is 7.26.